The summed E-state index contributed by atoms with van der Waals surface area (Å²) in [7, 11) is 1.28. The third-order valence-electron chi connectivity index (χ3n) is 14.0. The molecule has 0 aliphatic carbocycles. The average Bonchev–Trinajstić information content (AvgIpc) is 3.35. The van der Waals surface area contributed by atoms with Crippen molar-refractivity contribution in [3.05, 3.63) is 60.8 Å². The number of rotatable bonds is 57. The number of hydrogen-bond acceptors (Lipinski definition) is 6. The van der Waals surface area contributed by atoms with Crippen LogP contribution in [0.1, 0.15) is 290 Å². The molecule has 0 spiro atoms. The minimum atomic E-state index is -4.59. The normalized spacial score (nSPS) is 14.2. The highest BCUT2D eigenvalue weighted by atomic mass is 31.2. The fourth-order valence-electron chi connectivity index (χ4n) is 9.19. The van der Waals surface area contributed by atoms with Crippen LogP contribution in [0.15, 0.2) is 60.8 Å². The largest absolute Gasteiger partial charge is 0.756 e. The lowest BCUT2D eigenvalue weighted by molar-refractivity contribution is -0.870. The van der Waals surface area contributed by atoms with Gasteiger partial charge in [0.2, 0.25) is 5.91 Å². The SMILES string of the molecule is CC/C=C\C/C=C\C/C=C\C/C=C\C/C=C\CCCCCC(=O)NC(COP(=O)([O-])OCC[N+](C)(C)C)C(O)CCCCCCCCCCCCCCCCCCCCCCCCCCCCCCCCCC. The number of nitrogens with one attached hydrogen (secondary N) is 1. The Morgan fingerprint density at radius 1 is 0.493 bits per heavy atom. The molecular formula is C64H121N2O6P. The van der Waals surface area contributed by atoms with E-state index in [4.69, 9.17) is 9.05 Å². The number of phosphoric acid groups is 1. The standard InChI is InChI=1S/C64H121N2O6P/c1-6-8-10-12-14-16-18-20-22-24-26-27-28-29-30-31-32-33-34-35-36-37-38-40-41-43-45-47-49-51-53-55-57-63(67)62(61-72-73(69,70)71-60-59-66(3,4)5)65-64(68)58-56-54-52-50-48-46-44-42-39-25-23-21-19-17-15-13-11-9-7-2/h9,11,15,17,21,23,39,42,46,48,62-63,67H,6-8,10,12-14,16,18-20,22,24-38,40-41,43-45,47,49-61H2,1-5H3,(H-,65,68,69,70)/b11-9-,17-15-,23-21-,42-39-,48-46-. The van der Waals surface area contributed by atoms with Gasteiger partial charge in [0.05, 0.1) is 39.9 Å². The Morgan fingerprint density at radius 3 is 1.21 bits per heavy atom. The first-order chi connectivity index (χ1) is 35.5. The molecule has 1 amide bonds. The third-order valence-corrected chi connectivity index (χ3v) is 15.0. The molecule has 73 heavy (non-hydrogen) atoms. The van der Waals surface area contributed by atoms with Gasteiger partial charge in [-0.15, -0.1) is 0 Å². The Bertz CT molecular complexity index is 1370. The number of quaternary nitrogens is 1. The van der Waals surface area contributed by atoms with Gasteiger partial charge in [-0.1, -0.05) is 286 Å². The van der Waals surface area contributed by atoms with Gasteiger partial charge in [0.15, 0.2) is 0 Å². The Balaban J connectivity index is 4.08. The molecule has 0 aromatic carbocycles. The maximum atomic E-state index is 13.0. The van der Waals surface area contributed by atoms with Gasteiger partial charge in [-0.2, -0.15) is 0 Å². The smallest absolute Gasteiger partial charge is 0.268 e. The molecule has 3 unspecified atom stereocenters. The molecular weight excluding hydrogens is 924 g/mol. The minimum absolute atomic E-state index is 0.00315. The van der Waals surface area contributed by atoms with Crippen molar-refractivity contribution in [3.63, 3.8) is 0 Å². The fraction of sp³-hybridized carbons (Fsp3) is 0.828. The fourth-order valence-corrected chi connectivity index (χ4v) is 9.91. The molecule has 8 nitrogen and oxygen atoms in total. The number of unbranched alkanes of at least 4 members (excludes halogenated alkanes) is 34. The van der Waals surface area contributed by atoms with Gasteiger partial charge < -0.3 is 28.8 Å². The molecule has 0 aliphatic heterocycles. The highest BCUT2D eigenvalue weighted by Gasteiger charge is 2.24. The van der Waals surface area contributed by atoms with Crippen LogP contribution in [0.2, 0.25) is 0 Å². The van der Waals surface area contributed by atoms with E-state index in [1.54, 1.807) is 0 Å². The molecule has 0 aromatic heterocycles. The summed E-state index contributed by atoms with van der Waals surface area (Å²) in [6, 6.07) is -0.823. The molecule has 428 valence electrons. The van der Waals surface area contributed by atoms with E-state index in [0.29, 0.717) is 23.9 Å². The van der Waals surface area contributed by atoms with Crippen LogP contribution in [-0.2, 0) is 18.4 Å². The van der Waals surface area contributed by atoms with E-state index in [9.17, 15) is 19.4 Å². The number of allylic oxidation sites excluding steroid dienone is 10. The van der Waals surface area contributed by atoms with Crippen LogP contribution in [0, 0.1) is 0 Å². The summed E-state index contributed by atoms with van der Waals surface area (Å²) in [5.41, 5.74) is 0. The van der Waals surface area contributed by atoms with Crippen molar-refractivity contribution in [1.82, 2.24) is 5.32 Å². The van der Waals surface area contributed by atoms with Crippen molar-refractivity contribution in [1.29, 1.82) is 0 Å². The molecule has 3 atom stereocenters. The minimum Gasteiger partial charge on any atom is -0.756 e. The molecule has 2 N–H and O–H groups in total. The molecule has 0 radical (unpaired) electrons. The molecule has 0 rings (SSSR count). The number of likely N-dealkylation sites (N-methyl/N-ethyl adjacent to an activating group) is 1. The zero-order valence-electron chi connectivity index (χ0n) is 48.8. The second-order valence-corrected chi connectivity index (χ2v) is 23.8. The van der Waals surface area contributed by atoms with Gasteiger partial charge in [0.1, 0.15) is 13.2 Å². The first-order valence-corrected chi connectivity index (χ1v) is 32.6. The van der Waals surface area contributed by atoms with Crippen LogP contribution in [0.5, 0.6) is 0 Å². The second kappa shape index (κ2) is 55.0. The van der Waals surface area contributed by atoms with Gasteiger partial charge in [0, 0.05) is 6.42 Å². The van der Waals surface area contributed by atoms with Gasteiger partial charge in [-0.3, -0.25) is 9.36 Å². The summed E-state index contributed by atoms with van der Waals surface area (Å²) in [5, 5.41) is 14.0. The van der Waals surface area contributed by atoms with Crippen molar-refractivity contribution >= 4 is 13.7 Å². The summed E-state index contributed by atoms with van der Waals surface area (Å²) in [6.07, 6.45) is 74.3. The van der Waals surface area contributed by atoms with E-state index in [-0.39, 0.29) is 19.1 Å². The van der Waals surface area contributed by atoms with Crippen LogP contribution in [0.25, 0.3) is 0 Å². The first kappa shape index (κ1) is 71.2. The molecule has 0 heterocycles. The molecule has 0 saturated carbocycles. The lowest BCUT2D eigenvalue weighted by Gasteiger charge is -2.30. The van der Waals surface area contributed by atoms with E-state index >= 15 is 0 Å². The van der Waals surface area contributed by atoms with Crippen molar-refractivity contribution in [2.75, 3.05) is 40.9 Å². The van der Waals surface area contributed by atoms with Gasteiger partial charge in [0.25, 0.3) is 7.82 Å². The average molecular weight is 1050 g/mol. The second-order valence-electron chi connectivity index (χ2n) is 22.4. The maximum absolute atomic E-state index is 13.0. The van der Waals surface area contributed by atoms with Crippen LogP contribution < -0.4 is 10.2 Å². The van der Waals surface area contributed by atoms with Gasteiger partial charge in [-0.25, -0.2) is 0 Å². The predicted molar refractivity (Wildman–Crippen MR) is 316 cm³/mol. The summed E-state index contributed by atoms with van der Waals surface area (Å²) in [5.74, 6) is -0.194. The summed E-state index contributed by atoms with van der Waals surface area (Å²) in [4.78, 5) is 25.5. The molecule has 0 aliphatic rings. The van der Waals surface area contributed by atoms with Crippen LogP contribution in [0.4, 0.5) is 0 Å². The number of hydrogen-bond donors (Lipinski definition) is 2. The molecule has 0 aromatic rings. The van der Waals surface area contributed by atoms with Crippen molar-refractivity contribution in [2.24, 2.45) is 0 Å². The zero-order chi connectivity index (χ0) is 53.5. The van der Waals surface area contributed by atoms with E-state index in [1.807, 2.05) is 21.1 Å². The number of aliphatic hydroxyl groups is 1. The van der Waals surface area contributed by atoms with E-state index < -0.39 is 20.0 Å². The monoisotopic (exact) mass is 1040 g/mol. The first-order valence-electron chi connectivity index (χ1n) is 31.1. The van der Waals surface area contributed by atoms with Gasteiger partial charge in [-0.05, 0) is 57.8 Å². The zero-order valence-corrected chi connectivity index (χ0v) is 49.7. The Morgan fingerprint density at radius 2 is 0.836 bits per heavy atom. The number of aliphatic hydroxyl groups excluding tert-OH is 1. The highest BCUT2D eigenvalue weighted by Crippen LogP contribution is 2.38. The van der Waals surface area contributed by atoms with Crippen molar-refractivity contribution < 1.29 is 32.9 Å². The number of amides is 1. The molecule has 9 heteroatoms. The van der Waals surface area contributed by atoms with E-state index in [0.717, 1.165) is 77.0 Å². The highest BCUT2D eigenvalue weighted by molar-refractivity contribution is 7.45. The maximum Gasteiger partial charge on any atom is 0.268 e. The Kier molecular flexibility index (Phi) is 53.6. The molecule has 0 saturated heterocycles. The molecule has 0 bridgehead atoms. The van der Waals surface area contributed by atoms with Crippen LogP contribution >= 0.6 is 7.82 Å². The number of nitrogens with zero attached hydrogens (tertiary/aromatic N) is 1. The third kappa shape index (κ3) is 57.7. The topological polar surface area (TPSA) is 108 Å². The summed E-state index contributed by atoms with van der Waals surface area (Å²) < 4.78 is 23.4. The lowest BCUT2D eigenvalue weighted by Crippen LogP contribution is -2.46. The molecule has 0 fully saturated rings. The van der Waals surface area contributed by atoms with E-state index in [1.165, 1.54) is 186 Å². The van der Waals surface area contributed by atoms with Crippen LogP contribution in [-0.4, -0.2) is 68.5 Å². The number of carbonyl (C=O) groups is 1. The number of phosphoric ester groups is 1. The predicted octanol–water partition coefficient (Wildman–Crippen LogP) is 18.6. The number of carbonyl (C=O) groups excluding carboxylic acids is 1. The summed E-state index contributed by atoms with van der Waals surface area (Å²) >= 11 is 0. The van der Waals surface area contributed by atoms with Crippen molar-refractivity contribution in [2.45, 2.75) is 302 Å². The van der Waals surface area contributed by atoms with Crippen LogP contribution in [0.3, 0.4) is 0 Å². The Hall–Kier alpha value is -1.80. The van der Waals surface area contributed by atoms with Gasteiger partial charge >= 0.3 is 0 Å². The Labute approximate surface area is 453 Å². The lowest BCUT2D eigenvalue weighted by atomic mass is 10.0. The quantitative estimate of drug-likeness (QED) is 0.0272. The van der Waals surface area contributed by atoms with Crippen molar-refractivity contribution in [3.8, 4) is 0 Å². The summed E-state index contributed by atoms with van der Waals surface area (Å²) in [6.45, 7) is 4.61. The van der Waals surface area contributed by atoms with E-state index in [2.05, 4.69) is 79.9 Å².